The lowest BCUT2D eigenvalue weighted by molar-refractivity contribution is 0.299. The van der Waals surface area contributed by atoms with Crippen molar-refractivity contribution >= 4 is 11.6 Å². The summed E-state index contributed by atoms with van der Waals surface area (Å²) in [4.78, 5) is 0. The minimum Gasteiger partial charge on any atom is -0.310 e. The van der Waals surface area contributed by atoms with Crippen LogP contribution in [0.1, 0.15) is 69.0 Å². The molecule has 1 fully saturated rings. The molecule has 0 heterocycles. The van der Waals surface area contributed by atoms with E-state index in [0.717, 1.165) is 17.5 Å². The monoisotopic (exact) mass is 293 g/mol. The Morgan fingerprint density at radius 1 is 1.25 bits per heavy atom. The summed E-state index contributed by atoms with van der Waals surface area (Å²) in [5.41, 5.74) is 2.76. The molecular formula is C18H28ClN. The SMILES string of the molecule is CCCNC(CC1CCCCC1)c1ccc(Cl)cc1C. The predicted octanol–water partition coefficient (Wildman–Crippen LogP) is 5.66. The molecule has 1 N–H and O–H groups in total. The first-order valence-corrected chi connectivity index (χ1v) is 8.58. The minimum absolute atomic E-state index is 0.496. The van der Waals surface area contributed by atoms with Crippen molar-refractivity contribution < 1.29 is 0 Å². The summed E-state index contributed by atoms with van der Waals surface area (Å²) < 4.78 is 0. The highest BCUT2D eigenvalue weighted by atomic mass is 35.5. The zero-order chi connectivity index (χ0) is 14.4. The molecule has 0 saturated heterocycles. The Kier molecular flexibility index (Phi) is 6.38. The third kappa shape index (κ3) is 4.49. The van der Waals surface area contributed by atoms with Gasteiger partial charge in [0.1, 0.15) is 0 Å². The van der Waals surface area contributed by atoms with Crippen LogP contribution in [0.2, 0.25) is 5.02 Å². The van der Waals surface area contributed by atoms with Gasteiger partial charge >= 0.3 is 0 Å². The third-order valence-corrected chi connectivity index (χ3v) is 4.78. The van der Waals surface area contributed by atoms with Gasteiger partial charge in [-0.2, -0.15) is 0 Å². The van der Waals surface area contributed by atoms with Crippen molar-refractivity contribution in [1.29, 1.82) is 0 Å². The fourth-order valence-electron chi connectivity index (χ4n) is 3.43. The summed E-state index contributed by atoms with van der Waals surface area (Å²) in [6.45, 7) is 5.52. The van der Waals surface area contributed by atoms with Gasteiger partial charge in [-0.3, -0.25) is 0 Å². The van der Waals surface area contributed by atoms with Crippen molar-refractivity contribution in [2.45, 2.75) is 64.8 Å². The van der Waals surface area contributed by atoms with E-state index in [4.69, 9.17) is 11.6 Å². The first-order valence-electron chi connectivity index (χ1n) is 8.20. The Bertz CT molecular complexity index is 410. The van der Waals surface area contributed by atoms with Crippen LogP contribution in [0.5, 0.6) is 0 Å². The normalized spacial score (nSPS) is 18.1. The molecule has 0 aromatic heterocycles. The van der Waals surface area contributed by atoms with E-state index < -0.39 is 0 Å². The number of halogens is 1. The predicted molar refractivity (Wildman–Crippen MR) is 88.4 cm³/mol. The van der Waals surface area contributed by atoms with Crippen LogP contribution in [0, 0.1) is 12.8 Å². The van der Waals surface area contributed by atoms with E-state index in [1.54, 1.807) is 0 Å². The molecule has 1 aliphatic carbocycles. The fraction of sp³-hybridized carbons (Fsp3) is 0.667. The maximum atomic E-state index is 6.10. The summed E-state index contributed by atoms with van der Waals surface area (Å²) in [6.07, 6.45) is 9.57. The van der Waals surface area contributed by atoms with Gasteiger partial charge in [-0.1, -0.05) is 56.7 Å². The highest BCUT2D eigenvalue weighted by Crippen LogP contribution is 2.33. The van der Waals surface area contributed by atoms with Crippen LogP contribution in [0.3, 0.4) is 0 Å². The van der Waals surface area contributed by atoms with Crippen LogP contribution < -0.4 is 5.32 Å². The van der Waals surface area contributed by atoms with Crippen LogP contribution in [0.15, 0.2) is 18.2 Å². The molecule has 2 heteroatoms. The van der Waals surface area contributed by atoms with Gasteiger partial charge < -0.3 is 5.32 Å². The molecule has 112 valence electrons. The molecule has 1 aliphatic rings. The molecule has 1 atom stereocenters. The molecule has 1 aromatic rings. The maximum Gasteiger partial charge on any atom is 0.0408 e. The lowest BCUT2D eigenvalue weighted by Gasteiger charge is -2.28. The summed E-state index contributed by atoms with van der Waals surface area (Å²) in [5.74, 6) is 0.896. The maximum absolute atomic E-state index is 6.10. The molecule has 2 rings (SSSR count). The van der Waals surface area contributed by atoms with E-state index in [2.05, 4.69) is 31.3 Å². The van der Waals surface area contributed by atoms with E-state index >= 15 is 0 Å². The largest absolute Gasteiger partial charge is 0.310 e. The van der Waals surface area contributed by atoms with E-state index in [9.17, 15) is 0 Å². The lowest BCUT2D eigenvalue weighted by Crippen LogP contribution is -2.26. The summed E-state index contributed by atoms with van der Waals surface area (Å²) in [7, 11) is 0. The van der Waals surface area contributed by atoms with E-state index in [1.807, 2.05) is 6.07 Å². The number of hydrogen-bond donors (Lipinski definition) is 1. The van der Waals surface area contributed by atoms with Crippen LogP contribution in [0.25, 0.3) is 0 Å². The molecule has 20 heavy (non-hydrogen) atoms. The average molecular weight is 294 g/mol. The Labute approximate surface area is 129 Å². The van der Waals surface area contributed by atoms with Crippen LogP contribution in [-0.2, 0) is 0 Å². The van der Waals surface area contributed by atoms with Crippen molar-refractivity contribution in [1.82, 2.24) is 5.32 Å². The Balaban J connectivity index is 2.08. The minimum atomic E-state index is 0.496. The van der Waals surface area contributed by atoms with Crippen molar-refractivity contribution in [3.8, 4) is 0 Å². The molecule has 0 aliphatic heterocycles. The fourth-order valence-corrected chi connectivity index (χ4v) is 3.65. The van der Waals surface area contributed by atoms with Gasteiger partial charge in [0.15, 0.2) is 0 Å². The van der Waals surface area contributed by atoms with Gasteiger partial charge in [0.05, 0.1) is 0 Å². The van der Waals surface area contributed by atoms with E-state index in [-0.39, 0.29) is 0 Å². The second-order valence-corrected chi connectivity index (χ2v) is 6.68. The van der Waals surface area contributed by atoms with Crippen LogP contribution in [-0.4, -0.2) is 6.54 Å². The first kappa shape index (κ1) is 15.9. The quantitative estimate of drug-likeness (QED) is 0.713. The van der Waals surface area contributed by atoms with Gasteiger partial charge in [0, 0.05) is 11.1 Å². The van der Waals surface area contributed by atoms with Gasteiger partial charge in [-0.25, -0.2) is 0 Å². The van der Waals surface area contributed by atoms with Crippen LogP contribution >= 0.6 is 11.6 Å². The molecule has 0 amide bonds. The highest BCUT2D eigenvalue weighted by molar-refractivity contribution is 6.30. The average Bonchev–Trinajstić information content (AvgIpc) is 2.45. The Hall–Kier alpha value is -0.530. The number of aryl methyl sites for hydroxylation is 1. The molecule has 0 spiro atoms. The van der Waals surface area contributed by atoms with Gasteiger partial charge in [0.2, 0.25) is 0 Å². The lowest BCUT2D eigenvalue weighted by atomic mass is 9.82. The molecular weight excluding hydrogens is 266 g/mol. The summed E-state index contributed by atoms with van der Waals surface area (Å²) in [5, 5.41) is 4.60. The van der Waals surface area contributed by atoms with Crippen molar-refractivity contribution in [2.24, 2.45) is 5.92 Å². The smallest absolute Gasteiger partial charge is 0.0408 e. The molecule has 1 saturated carbocycles. The van der Waals surface area contributed by atoms with Crippen molar-refractivity contribution in [2.75, 3.05) is 6.54 Å². The second-order valence-electron chi connectivity index (χ2n) is 6.25. The zero-order valence-corrected chi connectivity index (χ0v) is 13.7. The first-order chi connectivity index (χ1) is 9.70. The van der Waals surface area contributed by atoms with Gasteiger partial charge in [-0.05, 0) is 55.5 Å². The zero-order valence-electron chi connectivity index (χ0n) is 12.9. The molecule has 1 nitrogen and oxygen atoms in total. The Morgan fingerprint density at radius 2 is 2.00 bits per heavy atom. The van der Waals surface area contributed by atoms with E-state index in [1.165, 1.54) is 56.1 Å². The standard InChI is InChI=1S/C18H28ClN/c1-3-11-20-18(13-15-7-5-4-6-8-15)17-10-9-16(19)12-14(17)2/h9-10,12,15,18,20H,3-8,11,13H2,1-2H3. The summed E-state index contributed by atoms with van der Waals surface area (Å²) >= 11 is 6.10. The molecule has 0 radical (unpaired) electrons. The highest BCUT2D eigenvalue weighted by Gasteiger charge is 2.20. The molecule has 1 aromatic carbocycles. The van der Waals surface area contributed by atoms with Gasteiger partial charge in [-0.15, -0.1) is 0 Å². The number of benzene rings is 1. The number of hydrogen-bond acceptors (Lipinski definition) is 1. The van der Waals surface area contributed by atoms with Crippen molar-refractivity contribution in [3.63, 3.8) is 0 Å². The Morgan fingerprint density at radius 3 is 2.65 bits per heavy atom. The second kappa shape index (κ2) is 8.05. The van der Waals surface area contributed by atoms with Gasteiger partial charge in [0.25, 0.3) is 0 Å². The molecule has 0 bridgehead atoms. The van der Waals surface area contributed by atoms with Crippen LogP contribution in [0.4, 0.5) is 0 Å². The number of nitrogens with one attached hydrogen (secondary N) is 1. The molecule has 1 unspecified atom stereocenters. The number of rotatable bonds is 6. The summed E-state index contributed by atoms with van der Waals surface area (Å²) in [6, 6.07) is 6.84. The third-order valence-electron chi connectivity index (χ3n) is 4.54. The van der Waals surface area contributed by atoms with Crippen molar-refractivity contribution in [3.05, 3.63) is 34.3 Å². The van der Waals surface area contributed by atoms with E-state index in [0.29, 0.717) is 6.04 Å². The topological polar surface area (TPSA) is 12.0 Å².